The van der Waals surface area contributed by atoms with Crippen molar-refractivity contribution >= 4 is 64.1 Å². The van der Waals surface area contributed by atoms with Gasteiger partial charge in [-0.25, -0.2) is 9.97 Å². The largest absolute Gasteiger partial charge is 0.276 e. The van der Waals surface area contributed by atoms with Gasteiger partial charge in [0.05, 0.1) is 27.1 Å². The SMILES string of the molecule is CC12C=CC=CC1c1ccccc1-c1nc(-n3c4ccc(-c5ccccc5)cc4c4c5ccccc5c5c6ccccc6sc5c43)nc(-c3ccccc3)c12. The van der Waals surface area contributed by atoms with Gasteiger partial charge in [0.2, 0.25) is 5.95 Å². The van der Waals surface area contributed by atoms with Gasteiger partial charge < -0.3 is 0 Å². The van der Waals surface area contributed by atoms with E-state index >= 15 is 0 Å². The third-order valence-corrected chi connectivity index (χ3v) is 13.3. The van der Waals surface area contributed by atoms with Crippen LogP contribution in [0, 0.1) is 0 Å². The van der Waals surface area contributed by atoms with Gasteiger partial charge >= 0.3 is 0 Å². The molecule has 55 heavy (non-hydrogen) atoms. The average Bonchev–Trinajstić information content (AvgIpc) is 3.81. The van der Waals surface area contributed by atoms with E-state index in [9.17, 15) is 0 Å². The smallest absolute Gasteiger partial charge is 0.235 e. The monoisotopic (exact) mass is 719 g/mol. The van der Waals surface area contributed by atoms with E-state index in [0.717, 1.165) is 28.0 Å². The molecule has 2 atom stereocenters. The van der Waals surface area contributed by atoms with Crippen LogP contribution in [0.5, 0.6) is 0 Å². The minimum Gasteiger partial charge on any atom is -0.276 e. The van der Waals surface area contributed by atoms with Gasteiger partial charge in [0.1, 0.15) is 0 Å². The highest BCUT2D eigenvalue weighted by Gasteiger charge is 2.44. The van der Waals surface area contributed by atoms with Crippen LogP contribution < -0.4 is 0 Å². The Kier molecular flexibility index (Phi) is 6.41. The molecule has 0 aliphatic heterocycles. The second-order valence-corrected chi connectivity index (χ2v) is 16.1. The average molecular weight is 720 g/mol. The topological polar surface area (TPSA) is 30.7 Å². The first-order valence-electron chi connectivity index (χ1n) is 19.0. The summed E-state index contributed by atoms with van der Waals surface area (Å²) >= 11 is 1.87. The molecule has 7 aromatic carbocycles. The normalized spacial score (nSPS) is 17.3. The molecule has 4 heteroatoms. The van der Waals surface area contributed by atoms with E-state index in [1.165, 1.54) is 69.5 Å². The van der Waals surface area contributed by atoms with E-state index in [2.05, 4.69) is 187 Å². The number of allylic oxidation sites excluding steroid dienone is 4. The van der Waals surface area contributed by atoms with Crippen LogP contribution in [-0.4, -0.2) is 14.5 Å². The van der Waals surface area contributed by atoms with Crippen LogP contribution in [0.3, 0.4) is 0 Å². The highest BCUT2D eigenvalue weighted by atomic mass is 32.1. The quantitative estimate of drug-likeness (QED) is 0.182. The Labute approximate surface area is 322 Å². The van der Waals surface area contributed by atoms with Crippen LogP contribution in [0.4, 0.5) is 0 Å². The molecule has 3 heterocycles. The number of hydrogen-bond donors (Lipinski definition) is 0. The summed E-state index contributed by atoms with van der Waals surface area (Å²) < 4.78 is 4.91. The molecule has 3 aromatic heterocycles. The number of fused-ring (bicyclic) bond motifs is 16. The van der Waals surface area contributed by atoms with E-state index in [1.54, 1.807) is 0 Å². The summed E-state index contributed by atoms with van der Waals surface area (Å²) in [5.41, 5.74) is 11.0. The first-order chi connectivity index (χ1) is 27.2. The lowest BCUT2D eigenvalue weighted by Gasteiger charge is -2.42. The van der Waals surface area contributed by atoms with Crippen molar-refractivity contribution in [2.45, 2.75) is 18.3 Å². The van der Waals surface area contributed by atoms with E-state index in [1.807, 2.05) is 11.3 Å². The summed E-state index contributed by atoms with van der Waals surface area (Å²) in [4.78, 5) is 11.5. The fourth-order valence-corrected chi connectivity index (χ4v) is 10.9. The Bertz CT molecular complexity index is 3260. The van der Waals surface area contributed by atoms with Gasteiger partial charge in [0.15, 0.2) is 0 Å². The Morgan fingerprint density at radius 1 is 0.582 bits per heavy atom. The first-order valence-corrected chi connectivity index (χ1v) is 19.8. The molecule has 0 spiro atoms. The van der Waals surface area contributed by atoms with Crippen LogP contribution in [0.15, 0.2) is 176 Å². The molecule has 2 aliphatic rings. The molecule has 0 bridgehead atoms. The van der Waals surface area contributed by atoms with E-state index < -0.39 is 0 Å². The number of rotatable bonds is 3. The van der Waals surface area contributed by atoms with Crippen LogP contribution in [0.1, 0.15) is 24.0 Å². The summed E-state index contributed by atoms with van der Waals surface area (Å²) in [5.74, 6) is 0.860. The number of nitrogens with zero attached hydrogens (tertiary/aromatic N) is 3. The third kappa shape index (κ3) is 4.26. The maximum absolute atomic E-state index is 5.74. The molecule has 0 saturated carbocycles. The number of aromatic nitrogens is 3. The van der Waals surface area contributed by atoms with Crippen LogP contribution >= 0.6 is 11.3 Å². The molecule has 2 aliphatic carbocycles. The lowest BCUT2D eigenvalue weighted by atomic mass is 9.61. The minimum absolute atomic E-state index is 0.173. The summed E-state index contributed by atoms with van der Waals surface area (Å²) in [5, 5.41) is 7.51. The fraction of sp³-hybridized carbons (Fsp3) is 0.0588. The summed E-state index contributed by atoms with van der Waals surface area (Å²) in [6.45, 7) is 2.36. The summed E-state index contributed by atoms with van der Waals surface area (Å²) in [6.07, 6.45) is 9.09. The molecule has 0 fully saturated rings. The van der Waals surface area contributed by atoms with Gasteiger partial charge in [0, 0.05) is 54.3 Å². The van der Waals surface area contributed by atoms with E-state index in [4.69, 9.17) is 9.97 Å². The molecule has 0 radical (unpaired) electrons. The van der Waals surface area contributed by atoms with Crippen molar-refractivity contribution in [2.75, 3.05) is 0 Å². The highest BCUT2D eigenvalue weighted by Crippen LogP contribution is 2.55. The molecule has 0 saturated heterocycles. The molecule has 3 nitrogen and oxygen atoms in total. The Morgan fingerprint density at radius 2 is 1.25 bits per heavy atom. The van der Waals surface area contributed by atoms with Gasteiger partial charge in [0.25, 0.3) is 0 Å². The lowest BCUT2D eigenvalue weighted by Crippen LogP contribution is -2.34. The predicted octanol–water partition coefficient (Wildman–Crippen LogP) is 13.6. The van der Waals surface area contributed by atoms with E-state index in [-0.39, 0.29) is 11.3 Å². The molecular formula is C51H33N3S. The Hall–Kier alpha value is -6.62. The zero-order chi connectivity index (χ0) is 36.3. The molecule has 12 rings (SSSR count). The van der Waals surface area contributed by atoms with Gasteiger partial charge in [-0.2, -0.15) is 0 Å². The number of benzene rings is 7. The lowest BCUT2D eigenvalue weighted by molar-refractivity contribution is 0.515. The van der Waals surface area contributed by atoms with Gasteiger partial charge in [-0.05, 0) is 45.7 Å². The summed E-state index contributed by atoms with van der Waals surface area (Å²) in [7, 11) is 0. The molecule has 10 aromatic rings. The van der Waals surface area contributed by atoms with Crippen molar-refractivity contribution in [1.82, 2.24) is 14.5 Å². The maximum atomic E-state index is 5.74. The van der Waals surface area contributed by atoms with Crippen molar-refractivity contribution in [1.29, 1.82) is 0 Å². The zero-order valence-corrected chi connectivity index (χ0v) is 30.9. The van der Waals surface area contributed by atoms with Crippen molar-refractivity contribution < 1.29 is 0 Å². The molecular weight excluding hydrogens is 687 g/mol. The number of hydrogen-bond acceptors (Lipinski definition) is 3. The molecule has 0 N–H and O–H groups in total. The predicted molar refractivity (Wildman–Crippen MR) is 231 cm³/mol. The second-order valence-electron chi connectivity index (χ2n) is 15.1. The third-order valence-electron chi connectivity index (χ3n) is 12.1. The van der Waals surface area contributed by atoms with Crippen molar-refractivity contribution in [2.24, 2.45) is 0 Å². The van der Waals surface area contributed by atoms with Gasteiger partial charge in [-0.3, -0.25) is 4.57 Å². The maximum Gasteiger partial charge on any atom is 0.235 e. The first kappa shape index (κ1) is 30.8. The van der Waals surface area contributed by atoms with Crippen LogP contribution in [-0.2, 0) is 5.41 Å². The fourth-order valence-electron chi connectivity index (χ4n) is 9.64. The van der Waals surface area contributed by atoms with Gasteiger partial charge in [-0.1, -0.05) is 165 Å². The standard InChI is InChI=1S/C51H33N3S/c1-51-29-15-14-25-40(51)34-20-8-11-23-37(34)47-45(51)46(32-18-6-3-7-19-32)52-50(53-47)54-41-28-27-33(31-16-4-2-5-17-31)30-39(41)43-35-21-9-10-22-36(35)44-38-24-12-13-26-42(38)55-49(44)48(43)54/h2-30,40H,1H3. The van der Waals surface area contributed by atoms with Gasteiger partial charge in [-0.15, -0.1) is 11.3 Å². The zero-order valence-electron chi connectivity index (χ0n) is 30.1. The number of thiophene rings is 1. The van der Waals surface area contributed by atoms with Crippen LogP contribution in [0.25, 0.3) is 92.3 Å². The minimum atomic E-state index is -0.331. The molecule has 258 valence electrons. The molecule has 2 unspecified atom stereocenters. The second kappa shape index (κ2) is 11.4. The molecule has 0 amide bonds. The van der Waals surface area contributed by atoms with E-state index in [0.29, 0.717) is 5.95 Å². The highest BCUT2D eigenvalue weighted by molar-refractivity contribution is 7.27. The summed E-state index contributed by atoms with van der Waals surface area (Å²) in [6, 6.07) is 55.0. The Morgan fingerprint density at radius 3 is 2.07 bits per heavy atom. The Balaban J connectivity index is 1.29. The van der Waals surface area contributed by atoms with Crippen molar-refractivity contribution in [3.05, 3.63) is 187 Å². The van der Waals surface area contributed by atoms with Crippen molar-refractivity contribution in [3.8, 4) is 39.6 Å². The van der Waals surface area contributed by atoms with Crippen molar-refractivity contribution in [3.63, 3.8) is 0 Å². The van der Waals surface area contributed by atoms with Crippen LogP contribution in [0.2, 0.25) is 0 Å².